The molecule has 0 aliphatic heterocycles. The Hall–Kier alpha value is -1.23. The van der Waals surface area contributed by atoms with Gasteiger partial charge in [-0.3, -0.25) is 4.79 Å². The summed E-state index contributed by atoms with van der Waals surface area (Å²) in [6.45, 7) is -1.71. The fourth-order valence-electron chi connectivity index (χ4n) is 1.07. The van der Waals surface area contributed by atoms with Crippen LogP contribution in [0.15, 0.2) is 18.2 Å². The number of carbonyl (C=O) groups excluding carboxylic acids is 1. The van der Waals surface area contributed by atoms with Crippen molar-refractivity contribution in [2.75, 3.05) is 0 Å². The third-order valence-corrected chi connectivity index (χ3v) is 1.99. The third kappa shape index (κ3) is 3.13. The van der Waals surface area contributed by atoms with Gasteiger partial charge >= 0.3 is 6.61 Å². The van der Waals surface area contributed by atoms with Crippen LogP contribution in [0.3, 0.4) is 0 Å². The van der Waals surface area contributed by atoms with Gasteiger partial charge in [-0.05, 0) is 25.1 Å². The van der Waals surface area contributed by atoms with E-state index >= 15 is 0 Å². The molecular formula is C10H8ClF3O2. The minimum atomic E-state index is -3.15. The van der Waals surface area contributed by atoms with Gasteiger partial charge in [0, 0.05) is 5.56 Å². The van der Waals surface area contributed by atoms with E-state index in [-0.39, 0.29) is 5.56 Å². The molecule has 1 aromatic carbocycles. The van der Waals surface area contributed by atoms with Crippen molar-refractivity contribution in [2.45, 2.75) is 18.9 Å². The van der Waals surface area contributed by atoms with Crippen molar-refractivity contribution in [2.24, 2.45) is 0 Å². The minimum Gasteiger partial charge on any atom is -0.432 e. The molecule has 1 aromatic rings. The summed E-state index contributed by atoms with van der Waals surface area (Å²) in [5.74, 6) is -2.11. The lowest BCUT2D eigenvalue weighted by Crippen LogP contribution is -2.11. The Morgan fingerprint density at radius 3 is 2.56 bits per heavy atom. The van der Waals surface area contributed by atoms with Crippen molar-refractivity contribution in [3.8, 4) is 5.75 Å². The number of halogens is 4. The van der Waals surface area contributed by atoms with E-state index in [1.54, 1.807) is 0 Å². The maximum Gasteiger partial charge on any atom is 0.387 e. The van der Waals surface area contributed by atoms with Gasteiger partial charge < -0.3 is 4.74 Å². The Balaban J connectivity index is 3.02. The molecule has 6 heteroatoms. The van der Waals surface area contributed by atoms with Crippen molar-refractivity contribution in [3.63, 3.8) is 0 Å². The van der Waals surface area contributed by atoms with Crippen molar-refractivity contribution in [1.82, 2.24) is 0 Å². The second kappa shape index (κ2) is 5.21. The molecule has 0 heterocycles. The van der Waals surface area contributed by atoms with Crippen LogP contribution in [-0.4, -0.2) is 17.8 Å². The van der Waals surface area contributed by atoms with Gasteiger partial charge in [0.25, 0.3) is 0 Å². The quantitative estimate of drug-likeness (QED) is 0.607. The number of carbonyl (C=O) groups is 1. The fraction of sp³-hybridized carbons (Fsp3) is 0.300. The average Bonchev–Trinajstić information content (AvgIpc) is 2.19. The van der Waals surface area contributed by atoms with Crippen LogP contribution in [0, 0.1) is 5.82 Å². The summed E-state index contributed by atoms with van der Waals surface area (Å²) in [6, 6.07) is 2.95. The molecule has 0 saturated carbocycles. The maximum atomic E-state index is 13.0. The summed E-state index contributed by atoms with van der Waals surface area (Å²) in [6.07, 6.45) is 0. The molecular weight excluding hydrogens is 245 g/mol. The van der Waals surface area contributed by atoms with Crippen molar-refractivity contribution in [1.29, 1.82) is 0 Å². The largest absolute Gasteiger partial charge is 0.432 e. The molecule has 0 bridgehead atoms. The van der Waals surface area contributed by atoms with E-state index in [2.05, 4.69) is 4.74 Å². The van der Waals surface area contributed by atoms with Gasteiger partial charge in [-0.15, -0.1) is 11.6 Å². The zero-order chi connectivity index (χ0) is 12.3. The van der Waals surface area contributed by atoms with Crippen LogP contribution >= 0.6 is 11.6 Å². The summed E-state index contributed by atoms with van der Waals surface area (Å²) >= 11 is 5.53. The van der Waals surface area contributed by atoms with Gasteiger partial charge in [-0.25, -0.2) is 4.39 Å². The normalized spacial score (nSPS) is 12.6. The highest BCUT2D eigenvalue weighted by Gasteiger charge is 2.16. The van der Waals surface area contributed by atoms with Gasteiger partial charge in [-0.2, -0.15) is 8.78 Å². The number of ether oxygens (including phenoxy) is 1. The first-order chi connectivity index (χ1) is 7.41. The zero-order valence-corrected chi connectivity index (χ0v) is 8.97. The molecule has 0 aromatic heterocycles. The number of alkyl halides is 3. The first-order valence-electron chi connectivity index (χ1n) is 4.34. The minimum absolute atomic E-state index is 0.0274. The zero-order valence-electron chi connectivity index (χ0n) is 8.22. The summed E-state index contributed by atoms with van der Waals surface area (Å²) in [7, 11) is 0. The predicted molar refractivity (Wildman–Crippen MR) is 52.7 cm³/mol. The molecule has 0 N–H and O–H groups in total. The summed E-state index contributed by atoms with van der Waals surface area (Å²) in [5.41, 5.74) is 0.0274. The van der Waals surface area contributed by atoms with E-state index in [0.717, 1.165) is 18.2 Å². The highest BCUT2D eigenvalue weighted by Crippen LogP contribution is 2.22. The van der Waals surface area contributed by atoms with Gasteiger partial charge in [-0.1, -0.05) is 0 Å². The van der Waals surface area contributed by atoms with Crippen LogP contribution in [0.2, 0.25) is 0 Å². The molecule has 16 heavy (non-hydrogen) atoms. The second-order valence-corrected chi connectivity index (χ2v) is 3.66. The molecule has 88 valence electrons. The smallest absolute Gasteiger partial charge is 0.387 e. The Morgan fingerprint density at radius 2 is 2.06 bits per heavy atom. The fourth-order valence-corrected chi connectivity index (χ4v) is 1.20. The highest BCUT2D eigenvalue weighted by atomic mass is 35.5. The van der Waals surface area contributed by atoms with E-state index < -0.39 is 29.3 Å². The highest BCUT2D eigenvalue weighted by molar-refractivity contribution is 6.33. The summed E-state index contributed by atoms with van der Waals surface area (Å²) < 4.78 is 40.7. The van der Waals surface area contributed by atoms with Crippen LogP contribution in [-0.2, 0) is 0 Å². The average molecular weight is 253 g/mol. The van der Waals surface area contributed by atoms with Crippen LogP contribution in [0.1, 0.15) is 17.3 Å². The van der Waals surface area contributed by atoms with E-state index in [1.807, 2.05) is 0 Å². The molecule has 0 radical (unpaired) electrons. The maximum absolute atomic E-state index is 13.0. The number of Topliss-reactive ketones (excluding diaryl/α,β-unsaturated/α-hetero) is 1. The van der Waals surface area contributed by atoms with Crippen molar-refractivity contribution < 1.29 is 22.7 Å². The molecule has 0 saturated heterocycles. The van der Waals surface area contributed by atoms with Gasteiger partial charge in [0.1, 0.15) is 0 Å². The molecule has 1 unspecified atom stereocenters. The van der Waals surface area contributed by atoms with Crippen LogP contribution in [0.4, 0.5) is 13.2 Å². The summed E-state index contributed by atoms with van der Waals surface area (Å²) in [4.78, 5) is 11.4. The van der Waals surface area contributed by atoms with E-state index in [0.29, 0.717) is 0 Å². The number of hydrogen-bond acceptors (Lipinski definition) is 2. The van der Waals surface area contributed by atoms with Crippen LogP contribution in [0.25, 0.3) is 0 Å². The number of hydrogen-bond donors (Lipinski definition) is 0. The predicted octanol–water partition coefficient (Wildman–Crippen LogP) is 3.24. The molecule has 0 amide bonds. The monoisotopic (exact) mass is 252 g/mol. The lowest BCUT2D eigenvalue weighted by molar-refractivity contribution is -0.0522. The molecule has 1 rings (SSSR count). The Morgan fingerprint density at radius 1 is 1.44 bits per heavy atom. The van der Waals surface area contributed by atoms with E-state index in [9.17, 15) is 18.0 Å². The number of ketones is 1. The van der Waals surface area contributed by atoms with Crippen molar-refractivity contribution >= 4 is 17.4 Å². The number of rotatable bonds is 4. The van der Waals surface area contributed by atoms with E-state index in [4.69, 9.17) is 11.6 Å². The Kier molecular flexibility index (Phi) is 4.18. The van der Waals surface area contributed by atoms with Crippen LogP contribution < -0.4 is 4.74 Å². The molecule has 0 aliphatic carbocycles. The molecule has 1 atom stereocenters. The number of benzene rings is 1. The molecule has 0 fully saturated rings. The molecule has 0 aliphatic rings. The van der Waals surface area contributed by atoms with Crippen LogP contribution in [0.5, 0.6) is 5.75 Å². The third-order valence-electron chi connectivity index (χ3n) is 1.79. The Bertz CT molecular complexity index is 394. The molecule has 2 nitrogen and oxygen atoms in total. The van der Waals surface area contributed by atoms with Crippen molar-refractivity contribution in [3.05, 3.63) is 29.6 Å². The SMILES string of the molecule is CC(Cl)C(=O)c1ccc(F)c(OC(F)F)c1. The van der Waals surface area contributed by atoms with E-state index in [1.165, 1.54) is 6.92 Å². The first-order valence-corrected chi connectivity index (χ1v) is 4.78. The standard InChI is InChI=1S/C10H8ClF3O2/c1-5(11)9(15)6-2-3-7(12)8(4-6)16-10(13)14/h2-5,10H,1H3. The van der Waals surface area contributed by atoms with Gasteiger partial charge in [0.05, 0.1) is 5.38 Å². The van der Waals surface area contributed by atoms with Gasteiger partial charge in [0.15, 0.2) is 17.3 Å². The molecule has 0 spiro atoms. The lowest BCUT2D eigenvalue weighted by atomic mass is 10.1. The van der Waals surface area contributed by atoms with Gasteiger partial charge in [0.2, 0.25) is 0 Å². The second-order valence-electron chi connectivity index (χ2n) is 3.00. The lowest BCUT2D eigenvalue weighted by Gasteiger charge is -2.08. The summed E-state index contributed by atoms with van der Waals surface area (Å²) in [5, 5.41) is -0.815. The first kappa shape index (κ1) is 12.8. The Labute approximate surface area is 95.0 Å². The topological polar surface area (TPSA) is 26.3 Å².